The SMILES string of the molecule is NC1(c2cccc(Br)c2)CC(F)(F)C1. The maximum atomic E-state index is 12.7. The van der Waals surface area contributed by atoms with Gasteiger partial charge in [-0.25, -0.2) is 8.78 Å². The molecular formula is C10H10BrF2N. The van der Waals surface area contributed by atoms with Crippen LogP contribution in [0.25, 0.3) is 0 Å². The summed E-state index contributed by atoms with van der Waals surface area (Å²) >= 11 is 3.29. The molecule has 0 spiro atoms. The van der Waals surface area contributed by atoms with Crippen molar-refractivity contribution in [1.82, 2.24) is 0 Å². The molecule has 0 unspecified atom stereocenters. The second-order valence-corrected chi connectivity index (χ2v) is 4.79. The Hall–Kier alpha value is -0.480. The van der Waals surface area contributed by atoms with E-state index in [-0.39, 0.29) is 12.8 Å². The van der Waals surface area contributed by atoms with Gasteiger partial charge in [-0.05, 0) is 17.7 Å². The van der Waals surface area contributed by atoms with Crippen molar-refractivity contribution in [2.24, 2.45) is 5.73 Å². The summed E-state index contributed by atoms with van der Waals surface area (Å²) in [6, 6.07) is 7.25. The first-order valence-corrected chi connectivity index (χ1v) is 5.13. The average molecular weight is 262 g/mol. The molecule has 0 heterocycles. The van der Waals surface area contributed by atoms with Gasteiger partial charge in [0.15, 0.2) is 0 Å². The van der Waals surface area contributed by atoms with Gasteiger partial charge in [-0.2, -0.15) is 0 Å². The molecule has 1 aliphatic carbocycles. The number of halogens is 3. The van der Waals surface area contributed by atoms with Crippen LogP contribution in [0.5, 0.6) is 0 Å². The van der Waals surface area contributed by atoms with Gasteiger partial charge in [0, 0.05) is 17.3 Å². The molecule has 1 saturated carbocycles. The first-order chi connectivity index (χ1) is 6.41. The summed E-state index contributed by atoms with van der Waals surface area (Å²) in [4.78, 5) is 0. The Morgan fingerprint density at radius 2 is 1.93 bits per heavy atom. The molecule has 0 radical (unpaired) electrons. The van der Waals surface area contributed by atoms with E-state index < -0.39 is 11.5 Å². The molecule has 4 heteroatoms. The molecule has 2 rings (SSSR count). The molecule has 0 saturated heterocycles. The highest BCUT2D eigenvalue weighted by Crippen LogP contribution is 2.49. The third-order valence-electron chi connectivity index (χ3n) is 2.55. The second-order valence-electron chi connectivity index (χ2n) is 3.88. The second kappa shape index (κ2) is 3.00. The van der Waals surface area contributed by atoms with E-state index in [0.717, 1.165) is 10.0 Å². The largest absolute Gasteiger partial charge is 0.321 e. The van der Waals surface area contributed by atoms with Crippen molar-refractivity contribution in [3.8, 4) is 0 Å². The number of benzene rings is 1. The van der Waals surface area contributed by atoms with E-state index in [1.807, 2.05) is 12.1 Å². The molecule has 1 aliphatic rings. The Morgan fingerprint density at radius 1 is 1.29 bits per heavy atom. The zero-order valence-electron chi connectivity index (χ0n) is 7.43. The number of alkyl halides is 2. The van der Waals surface area contributed by atoms with Crippen molar-refractivity contribution in [2.75, 3.05) is 0 Å². The van der Waals surface area contributed by atoms with Crippen LogP contribution in [0, 0.1) is 0 Å². The first-order valence-electron chi connectivity index (χ1n) is 4.34. The van der Waals surface area contributed by atoms with Gasteiger partial charge in [0.1, 0.15) is 0 Å². The van der Waals surface area contributed by atoms with Gasteiger partial charge in [-0.15, -0.1) is 0 Å². The molecule has 1 aromatic carbocycles. The fourth-order valence-corrected chi connectivity index (χ4v) is 2.27. The molecule has 1 aromatic rings. The summed E-state index contributed by atoms with van der Waals surface area (Å²) in [6.07, 6.45) is -0.507. The summed E-state index contributed by atoms with van der Waals surface area (Å²) in [5.74, 6) is -2.59. The standard InChI is InChI=1S/C10H10BrF2N/c11-8-3-1-2-7(4-8)9(14)5-10(12,13)6-9/h1-4H,5-6,14H2. The number of hydrogen-bond acceptors (Lipinski definition) is 1. The van der Waals surface area contributed by atoms with E-state index in [9.17, 15) is 8.78 Å². The smallest absolute Gasteiger partial charge is 0.252 e. The zero-order valence-corrected chi connectivity index (χ0v) is 9.02. The van der Waals surface area contributed by atoms with Crippen LogP contribution in [0.15, 0.2) is 28.7 Å². The summed E-state index contributed by atoms with van der Waals surface area (Å²) in [7, 11) is 0. The molecule has 0 aliphatic heterocycles. The van der Waals surface area contributed by atoms with Crippen molar-refractivity contribution in [2.45, 2.75) is 24.3 Å². The minimum atomic E-state index is -2.59. The van der Waals surface area contributed by atoms with Crippen LogP contribution >= 0.6 is 15.9 Å². The molecule has 1 fully saturated rings. The molecule has 2 N–H and O–H groups in total. The van der Waals surface area contributed by atoms with Crippen molar-refractivity contribution < 1.29 is 8.78 Å². The van der Waals surface area contributed by atoms with E-state index in [1.54, 1.807) is 12.1 Å². The fourth-order valence-electron chi connectivity index (χ4n) is 1.87. The third-order valence-corrected chi connectivity index (χ3v) is 3.04. The van der Waals surface area contributed by atoms with Crippen molar-refractivity contribution >= 4 is 15.9 Å². The Bertz CT molecular complexity index is 357. The molecule has 76 valence electrons. The van der Waals surface area contributed by atoms with Gasteiger partial charge in [0.2, 0.25) is 0 Å². The summed E-state index contributed by atoms with van der Waals surface area (Å²) in [6.45, 7) is 0. The van der Waals surface area contributed by atoms with Crippen LogP contribution < -0.4 is 5.73 Å². The number of rotatable bonds is 1. The topological polar surface area (TPSA) is 26.0 Å². The Morgan fingerprint density at radius 3 is 2.43 bits per heavy atom. The van der Waals surface area contributed by atoms with E-state index in [1.165, 1.54) is 0 Å². The lowest BCUT2D eigenvalue weighted by Gasteiger charge is -2.44. The highest BCUT2D eigenvalue weighted by atomic mass is 79.9. The van der Waals surface area contributed by atoms with Crippen LogP contribution in [0.3, 0.4) is 0 Å². The summed E-state index contributed by atoms with van der Waals surface area (Å²) < 4.78 is 26.3. The van der Waals surface area contributed by atoms with Gasteiger partial charge in [0.25, 0.3) is 5.92 Å². The Kier molecular flexibility index (Phi) is 2.16. The molecule has 0 amide bonds. The van der Waals surface area contributed by atoms with Gasteiger partial charge >= 0.3 is 0 Å². The highest BCUT2D eigenvalue weighted by Gasteiger charge is 2.55. The lowest BCUT2D eigenvalue weighted by Crippen LogP contribution is -2.55. The number of hydrogen-bond donors (Lipinski definition) is 1. The quantitative estimate of drug-likeness (QED) is 0.827. The van der Waals surface area contributed by atoms with Crippen LogP contribution in [0.4, 0.5) is 8.78 Å². The number of nitrogens with two attached hydrogens (primary N) is 1. The lowest BCUT2D eigenvalue weighted by molar-refractivity contribution is -0.125. The van der Waals surface area contributed by atoms with Crippen molar-refractivity contribution in [1.29, 1.82) is 0 Å². The van der Waals surface area contributed by atoms with Crippen LogP contribution in [0.1, 0.15) is 18.4 Å². The molecule has 0 atom stereocenters. The maximum Gasteiger partial charge on any atom is 0.252 e. The highest BCUT2D eigenvalue weighted by molar-refractivity contribution is 9.10. The molecular weight excluding hydrogens is 252 g/mol. The van der Waals surface area contributed by atoms with Gasteiger partial charge in [-0.1, -0.05) is 28.1 Å². The molecule has 0 bridgehead atoms. The molecule has 14 heavy (non-hydrogen) atoms. The van der Waals surface area contributed by atoms with Crippen molar-refractivity contribution in [3.05, 3.63) is 34.3 Å². The monoisotopic (exact) mass is 261 g/mol. The van der Waals surface area contributed by atoms with Crippen molar-refractivity contribution in [3.63, 3.8) is 0 Å². The predicted molar refractivity (Wildman–Crippen MR) is 54.2 cm³/mol. The summed E-state index contributed by atoms with van der Waals surface area (Å²) in [5, 5.41) is 0. The molecule has 1 nitrogen and oxygen atoms in total. The minimum Gasteiger partial charge on any atom is -0.321 e. The minimum absolute atomic E-state index is 0.254. The van der Waals surface area contributed by atoms with Crippen LogP contribution in [-0.2, 0) is 5.54 Å². The lowest BCUT2D eigenvalue weighted by atomic mass is 9.70. The van der Waals surface area contributed by atoms with Gasteiger partial charge < -0.3 is 5.73 Å². The maximum absolute atomic E-state index is 12.7. The van der Waals surface area contributed by atoms with Gasteiger partial charge in [-0.3, -0.25) is 0 Å². The average Bonchev–Trinajstić information content (AvgIpc) is 2.00. The Labute approximate surface area is 89.4 Å². The normalized spacial score (nSPS) is 22.9. The van der Waals surface area contributed by atoms with Gasteiger partial charge in [0.05, 0.1) is 5.54 Å². The summed E-state index contributed by atoms with van der Waals surface area (Å²) in [5.41, 5.74) is 5.80. The fraction of sp³-hybridized carbons (Fsp3) is 0.400. The Balaban J connectivity index is 2.25. The zero-order chi connectivity index (χ0) is 10.4. The van der Waals surface area contributed by atoms with Crippen LogP contribution in [0.2, 0.25) is 0 Å². The third kappa shape index (κ3) is 1.68. The predicted octanol–water partition coefficient (Wildman–Crippen LogP) is 3.03. The van der Waals surface area contributed by atoms with Crippen LogP contribution in [-0.4, -0.2) is 5.92 Å². The van der Waals surface area contributed by atoms with E-state index in [4.69, 9.17) is 5.73 Å². The first kappa shape index (κ1) is 10.1. The van der Waals surface area contributed by atoms with E-state index in [0.29, 0.717) is 0 Å². The van der Waals surface area contributed by atoms with E-state index >= 15 is 0 Å². The molecule has 0 aromatic heterocycles. The van der Waals surface area contributed by atoms with E-state index in [2.05, 4.69) is 15.9 Å².